The Bertz CT molecular complexity index is 99.1. The van der Waals surface area contributed by atoms with Crippen molar-refractivity contribution in [1.82, 2.24) is 5.12 Å². The number of carbonyl (C=O) groups is 1. The van der Waals surface area contributed by atoms with Gasteiger partial charge in [-0.1, -0.05) is 0 Å². The molecule has 0 aromatic heterocycles. The second kappa shape index (κ2) is 3.80. The number of carbonyl (C=O) groups excluding carboxylic acids is 1. The molecule has 2 nitrogen and oxygen atoms in total. The van der Waals surface area contributed by atoms with Gasteiger partial charge in [-0.15, -0.1) is 22.0 Å². The Labute approximate surface area is 59.4 Å². The van der Waals surface area contributed by atoms with Crippen molar-refractivity contribution in [1.29, 1.82) is 0 Å². The monoisotopic (exact) mass is 153 g/mol. The fourth-order valence-corrected chi connectivity index (χ4v) is 0.729. The van der Waals surface area contributed by atoms with Crippen LogP contribution in [0.2, 0.25) is 0 Å². The van der Waals surface area contributed by atoms with E-state index in [4.69, 9.17) is 0 Å². The zero-order chi connectivity index (χ0) is 5.98. The Morgan fingerprint density at radius 2 is 1.78 bits per heavy atom. The van der Waals surface area contributed by atoms with Gasteiger partial charge in [0.15, 0.2) is 0 Å². The first-order valence-electron chi connectivity index (χ1n) is 2.71. The van der Waals surface area contributed by atoms with Crippen molar-refractivity contribution < 1.29 is 9.28 Å². The van der Waals surface area contributed by atoms with E-state index in [1.165, 1.54) is 0 Å². The summed E-state index contributed by atoms with van der Waals surface area (Å²) in [6.07, 6.45) is 0.771. The van der Waals surface area contributed by atoms with Crippen molar-refractivity contribution in [2.45, 2.75) is 12.8 Å². The van der Waals surface area contributed by atoms with Gasteiger partial charge in [-0.2, -0.15) is 0 Å². The molecule has 0 radical (unpaired) electrons. The lowest BCUT2D eigenvalue weighted by Gasteiger charge is -2.15. The first-order valence-corrected chi connectivity index (χ1v) is 2.71. The minimum Gasteiger partial charge on any atom is -0.300 e. The Hall–Kier alpha value is -0.150. The van der Waals surface area contributed by atoms with Crippen LogP contribution in [0.5, 0.6) is 0 Å². The minimum atomic E-state index is 0. The molecule has 0 aromatic rings. The maximum atomic E-state index is 12.0. The standard InChI is InChI=1S/C5H8FNO.ClH/c6-7-3-1-5(8)2-4-7;/h1-4H2;1H. The predicted octanol–water partition coefficient (Wildman–Crippen LogP) is 0.958. The fourth-order valence-electron chi connectivity index (χ4n) is 0.729. The van der Waals surface area contributed by atoms with Crippen molar-refractivity contribution in [3.8, 4) is 0 Å². The van der Waals surface area contributed by atoms with Gasteiger partial charge in [0.25, 0.3) is 0 Å². The van der Waals surface area contributed by atoms with E-state index >= 15 is 0 Å². The Morgan fingerprint density at radius 1 is 1.33 bits per heavy atom. The topological polar surface area (TPSA) is 20.3 Å². The molecule has 0 bridgehead atoms. The fraction of sp³-hybridized carbons (Fsp3) is 0.800. The van der Waals surface area contributed by atoms with Gasteiger partial charge in [0.1, 0.15) is 5.78 Å². The third-order valence-electron chi connectivity index (χ3n) is 1.27. The summed E-state index contributed by atoms with van der Waals surface area (Å²) in [5.41, 5.74) is 0. The van der Waals surface area contributed by atoms with Crippen molar-refractivity contribution in [2.24, 2.45) is 0 Å². The summed E-state index contributed by atoms with van der Waals surface area (Å²) < 4.78 is 12.0. The van der Waals surface area contributed by atoms with Crippen LogP contribution >= 0.6 is 12.4 Å². The lowest BCUT2D eigenvalue weighted by atomic mass is 10.1. The summed E-state index contributed by atoms with van der Waals surface area (Å²) in [5.74, 6) is 0.180. The summed E-state index contributed by atoms with van der Waals surface area (Å²) in [5, 5.41) is 0.682. The number of nitrogens with zero attached hydrogens (tertiary/aromatic N) is 1. The highest BCUT2D eigenvalue weighted by molar-refractivity contribution is 5.85. The van der Waals surface area contributed by atoms with E-state index in [1.807, 2.05) is 0 Å². The normalized spacial score (nSPS) is 21.2. The summed E-state index contributed by atoms with van der Waals surface area (Å²) in [6, 6.07) is 0. The minimum absolute atomic E-state index is 0. The number of Topliss-reactive ketones (excluding diaryl/α,β-unsaturated/α-hetero) is 1. The van der Waals surface area contributed by atoms with Crippen LogP contribution < -0.4 is 0 Å². The number of hydrogen-bond donors (Lipinski definition) is 0. The molecule has 0 aromatic carbocycles. The molecule has 4 heteroatoms. The Kier molecular flexibility index (Phi) is 3.73. The molecule has 0 unspecified atom stereocenters. The zero-order valence-electron chi connectivity index (χ0n) is 4.97. The highest BCUT2D eigenvalue weighted by atomic mass is 35.5. The van der Waals surface area contributed by atoms with E-state index in [0.29, 0.717) is 31.1 Å². The van der Waals surface area contributed by atoms with Crippen molar-refractivity contribution in [3.63, 3.8) is 0 Å². The molecule has 1 rings (SSSR count). The van der Waals surface area contributed by atoms with E-state index in [0.717, 1.165) is 0 Å². The van der Waals surface area contributed by atoms with Gasteiger partial charge in [-0.05, 0) is 0 Å². The van der Waals surface area contributed by atoms with Gasteiger partial charge in [-0.3, -0.25) is 4.79 Å². The number of halogens is 2. The van der Waals surface area contributed by atoms with Gasteiger partial charge in [0.05, 0.1) is 0 Å². The first-order chi connectivity index (χ1) is 3.79. The average Bonchev–Trinajstić information content (AvgIpc) is 1.77. The van der Waals surface area contributed by atoms with E-state index in [-0.39, 0.29) is 18.2 Å². The molecule has 0 atom stereocenters. The molecule has 0 aliphatic carbocycles. The molecule has 0 spiro atoms. The molecule has 0 saturated carbocycles. The van der Waals surface area contributed by atoms with E-state index in [2.05, 4.69) is 0 Å². The van der Waals surface area contributed by atoms with Gasteiger partial charge in [0, 0.05) is 25.9 Å². The molecule has 1 aliphatic rings. The second-order valence-electron chi connectivity index (χ2n) is 1.95. The average molecular weight is 154 g/mol. The Balaban J connectivity index is 0.000000640. The lowest BCUT2D eigenvalue weighted by Crippen LogP contribution is -2.26. The maximum Gasteiger partial charge on any atom is 0.135 e. The van der Waals surface area contributed by atoms with Crippen LogP contribution in [0.25, 0.3) is 0 Å². The highest BCUT2D eigenvalue weighted by Gasteiger charge is 2.14. The molecular weight excluding hydrogens is 145 g/mol. The summed E-state index contributed by atoms with van der Waals surface area (Å²) in [7, 11) is 0. The molecule has 1 fully saturated rings. The number of piperidine rings is 1. The van der Waals surface area contributed by atoms with Gasteiger partial charge in [-0.25, -0.2) is 0 Å². The van der Waals surface area contributed by atoms with E-state index in [1.54, 1.807) is 0 Å². The number of hydrogen-bond acceptors (Lipinski definition) is 2. The third kappa shape index (κ3) is 2.77. The molecule has 0 N–H and O–H groups in total. The number of ketones is 1. The van der Waals surface area contributed by atoms with E-state index in [9.17, 15) is 9.28 Å². The van der Waals surface area contributed by atoms with Crippen LogP contribution in [0.1, 0.15) is 12.8 Å². The third-order valence-corrected chi connectivity index (χ3v) is 1.27. The maximum absolute atomic E-state index is 12.0. The van der Waals surface area contributed by atoms with Crippen molar-refractivity contribution in [2.75, 3.05) is 13.1 Å². The zero-order valence-corrected chi connectivity index (χ0v) is 5.79. The quantitative estimate of drug-likeness (QED) is 0.483. The molecular formula is C5H9ClFNO. The van der Waals surface area contributed by atoms with Crippen LogP contribution in [0.4, 0.5) is 4.48 Å². The van der Waals surface area contributed by atoms with Crippen LogP contribution in [0, 0.1) is 0 Å². The molecule has 9 heavy (non-hydrogen) atoms. The van der Waals surface area contributed by atoms with Crippen LogP contribution in [0.3, 0.4) is 0 Å². The van der Waals surface area contributed by atoms with Crippen molar-refractivity contribution in [3.05, 3.63) is 0 Å². The number of rotatable bonds is 0. The van der Waals surface area contributed by atoms with Crippen LogP contribution in [-0.4, -0.2) is 24.0 Å². The van der Waals surface area contributed by atoms with Crippen LogP contribution in [0.15, 0.2) is 0 Å². The molecule has 54 valence electrons. The summed E-state index contributed by atoms with van der Waals surface area (Å²) in [6.45, 7) is 0.581. The van der Waals surface area contributed by atoms with Gasteiger partial charge < -0.3 is 0 Å². The molecule has 1 aliphatic heterocycles. The molecule has 0 amide bonds. The van der Waals surface area contributed by atoms with Gasteiger partial charge in [0.2, 0.25) is 0 Å². The SMILES string of the molecule is Cl.O=C1CCN(F)CC1. The van der Waals surface area contributed by atoms with E-state index < -0.39 is 0 Å². The summed E-state index contributed by atoms with van der Waals surface area (Å²) >= 11 is 0. The molecule has 1 saturated heterocycles. The smallest absolute Gasteiger partial charge is 0.135 e. The van der Waals surface area contributed by atoms with Crippen LogP contribution in [-0.2, 0) is 4.79 Å². The van der Waals surface area contributed by atoms with Crippen molar-refractivity contribution >= 4 is 18.2 Å². The Morgan fingerprint density at radius 3 is 2.11 bits per heavy atom. The predicted molar refractivity (Wildman–Crippen MR) is 34.2 cm³/mol. The second-order valence-corrected chi connectivity index (χ2v) is 1.95. The van der Waals surface area contributed by atoms with Gasteiger partial charge >= 0.3 is 0 Å². The first kappa shape index (κ1) is 8.85. The highest BCUT2D eigenvalue weighted by Crippen LogP contribution is 2.04. The molecule has 1 heterocycles. The largest absolute Gasteiger partial charge is 0.300 e. The summed E-state index contributed by atoms with van der Waals surface area (Å²) in [4.78, 5) is 10.4. The lowest BCUT2D eigenvalue weighted by molar-refractivity contribution is -0.125.